The summed E-state index contributed by atoms with van der Waals surface area (Å²) in [6.45, 7) is 2.09. The van der Waals surface area contributed by atoms with Crippen molar-refractivity contribution in [2.45, 2.75) is 6.92 Å². The zero-order valence-electron chi connectivity index (χ0n) is 23.2. The molecule has 0 fully saturated rings. The van der Waals surface area contributed by atoms with Crippen LogP contribution in [0, 0.1) is 6.92 Å². The number of aromatic nitrogens is 3. The molecule has 0 aliphatic rings. The van der Waals surface area contributed by atoms with E-state index in [4.69, 9.17) is 9.97 Å². The van der Waals surface area contributed by atoms with Gasteiger partial charge in [0.05, 0.1) is 22.4 Å². The lowest BCUT2D eigenvalue weighted by Crippen LogP contribution is -2.01. The van der Waals surface area contributed by atoms with Gasteiger partial charge >= 0.3 is 0 Å². The number of fused-ring (bicyclic) bond motifs is 3. The largest absolute Gasteiger partial charge is 0.296 e. The molecule has 0 unspecified atom stereocenters. The summed E-state index contributed by atoms with van der Waals surface area (Å²) in [4.78, 5) is 9.62. The van der Waals surface area contributed by atoms with Crippen LogP contribution in [0.2, 0.25) is 0 Å². The van der Waals surface area contributed by atoms with Crippen LogP contribution in [0.15, 0.2) is 146 Å². The minimum absolute atomic E-state index is 0.971. The van der Waals surface area contributed by atoms with Crippen LogP contribution < -0.4 is 0 Å². The van der Waals surface area contributed by atoms with Crippen molar-refractivity contribution in [3.63, 3.8) is 0 Å². The summed E-state index contributed by atoms with van der Waals surface area (Å²) in [6, 6.07) is 49.5. The molecule has 6 aromatic carbocycles. The molecule has 8 aromatic rings. The summed E-state index contributed by atoms with van der Waals surface area (Å²) in [7, 11) is 0. The fourth-order valence-electron chi connectivity index (χ4n) is 6.49. The molecule has 0 saturated heterocycles. The van der Waals surface area contributed by atoms with Crippen molar-refractivity contribution in [3.8, 4) is 39.2 Å². The maximum Gasteiger partial charge on any atom is 0.111 e. The summed E-state index contributed by atoms with van der Waals surface area (Å²) in [6.07, 6.45) is 1.87. The molecule has 2 heterocycles. The molecule has 42 heavy (non-hydrogen) atoms. The predicted octanol–water partition coefficient (Wildman–Crippen LogP) is 10.0. The van der Waals surface area contributed by atoms with E-state index in [0.717, 1.165) is 33.8 Å². The highest BCUT2D eigenvalue weighted by molar-refractivity contribution is 6.23. The highest BCUT2D eigenvalue weighted by Crippen LogP contribution is 2.47. The summed E-state index contributed by atoms with van der Waals surface area (Å²) < 4.78 is 2.29. The maximum atomic E-state index is 4.90. The highest BCUT2D eigenvalue weighted by atomic mass is 15.1. The topological polar surface area (TPSA) is 30.7 Å². The van der Waals surface area contributed by atoms with Gasteiger partial charge in [-0.1, -0.05) is 109 Å². The molecular weight excluding hydrogens is 510 g/mol. The molecule has 0 amide bonds. The van der Waals surface area contributed by atoms with Crippen LogP contribution in [0.3, 0.4) is 0 Å². The van der Waals surface area contributed by atoms with Crippen LogP contribution in [0.4, 0.5) is 0 Å². The quantitative estimate of drug-likeness (QED) is 0.209. The molecule has 3 nitrogen and oxygen atoms in total. The molecule has 0 aliphatic carbocycles. The normalized spacial score (nSPS) is 11.5. The number of hydrogen-bond acceptors (Lipinski definition) is 2. The lowest BCUT2D eigenvalue weighted by Gasteiger charge is -2.21. The third-order valence-corrected chi connectivity index (χ3v) is 8.21. The number of rotatable bonds is 4. The summed E-state index contributed by atoms with van der Waals surface area (Å²) in [5.74, 6) is 0.971. The van der Waals surface area contributed by atoms with Gasteiger partial charge in [0.15, 0.2) is 0 Å². The molecule has 0 radical (unpaired) electrons. The van der Waals surface area contributed by atoms with E-state index < -0.39 is 0 Å². The Morgan fingerprint density at radius 3 is 1.67 bits per heavy atom. The van der Waals surface area contributed by atoms with Gasteiger partial charge in [-0.3, -0.25) is 9.55 Å². The fourth-order valence-corrected chi connectivity index (χ4v) is 6.49. The predicted molar refractivity (Wildman–Crippen MR) is 175 cm³/mol. The first kappa shape index (κ1) is 24.3. The number of para-hydroxylation sites is 3. The van der Waals surface area contributed by atoms with Gasteiger partial charge in [-0.05, 0) is 75.5 Å². The molecule has 8 rings (SSSR count). The molecule has 0 N–H and O–H groups in total. The Morgan fingerprint density at radius 1 is 0.476 bits per heavy atom. The Kier molecular flexibility index (Phi) is 5.68. The molecule has 0 spiro atoms. The van der Waals surface area contributed by atoms with E-state index >= 15 is 0 Å². The van der Waals surface area contributed by atoms with Crippen molar-refractivity contribution in [3.05, 3.63) is 152 Å². The average Bonchev–Trinajstić information content (AvgIpc) is 3.39. The van der Waals surface area contributed by atoms with E-state index in [1.54, 1.807) is 0 Å². The smallest absolute Gasteiger partial charge is 0.111 e. The van der Waals surface area contributed by atoms with Crippen molar-refractivity contribution >= 4 is 32.6 Å². The van der Waals surface area contributed by atoms with Gasteiger partial charge in [-0.2, -0.15) is 0 Å². The molecule has 0 aliphatic heterocycles. The van der Waals surface area contributed by atoms with Gasteiger partial charge in [-0.15, -0.1) is 0 Å². The average molecular weight is 538 g/mol. The maximum absolute atomic E-state index is 4.90. The Labute approximate surface area is 244 Å². The van der Waals surface area contributed by atoms with Crippen LogP contribution >= 0.6 is 0 Å². The standard InChI is InChI=1S/C39H27N3/c1-26-41-35-22-9-11-24-37(35)42(26)36-23-10-8-20-33(36)39-31-18-6-4-16-29(31)38(30-17-5-7-19-32(30)39)28-15-3-2-14-27(28)34-21-12-13-25-40-34/h2-25H,1H3. The number of nitrogens with zero attached hydrogens (tertiary/aromatic N) is 3. The van der Waals surface area contributed by atoms with E-state index in [1.165, 1.54) is 43.8 Å². The third-order valence-electron chi connectivity index (χ3n) is 8.21. The second kappa shape index (κ2) is 9.83. The number of benzene rings is 6. The first-order valence-electron chi connectivity index (χ1n) is 14.3. The first-order valence-corrected chi connectivity index (χ1v) is 14.3. The summed E-state index contributed by atoms with van der Waals surface area (Å²) in [5.41, 5.74) is 10.2. The Balaban J connectivity index is 1.49. The van der Waals surface area contributed by atoms with Gasteiger partial charge < -0.3 is 0 Å². The van der Waals surface area contributed by atoms with E-state index in [1.807, 2.05) is 18.3 Å². The highest BCUT2D eigenvalue weighted by Gasteiger charge is 2.21. The lowest BCUT2D eigenvalue weighted by molar-refractivity contribution is 1.00. The zero-order valence-corrected chi connectivity index (χ0v) is 23.2. The lowest BCUT2D eigenvalue weighted by atomic mass is 9.84. The third kappa shape index (κ3) is 3.75. The Hall–Kier alpha value is -5.54. The minimum atomic E-state index is 0.971. The first-order chi connectivity index (χ1) is 20.8. The van der Waals surface area contributed by atoms with Gasteiger partial charge in [0.2, 0.25) is 0 Å². The van der Waals surface area contributed by atoms with Crippen molar-refractivity contribution in [2.75, 3.05) is 0 Å². The molecule has 0 atom stereocenters. The summed E-state index contributed by atoms with van der Waals surface area (Å²) >= 11 is 0. The molecule has 198 valence electrons. The molecular formula is C39H27N3. The van der Waals surface area contributed by atoms with Crippen molar-refractivity contribution in [2.24, 2.45) is 0 Å². The van der Waals surface area contributed by atoms with Crippen LogP contribution in [-0.4, -0.2) is 14.5 Å². The number of pyridine rings is 1. The van der Waals surface area contributed by atoms with E-state index in [0.29, 0.717) is 0 Å². The zero-order chi connectivity index (χ0) is 28.0. The van der Waals surface area contributed by atoms with Gasteiger partial charge in [0.25, 0.3) is 0 Å². The van der Waals surface area contributed by atoms with Crippen LogP contribution in [-0.2, 0) is 0 Å². The van der Waals surface area contributed by atoms with Gasteiger partial charge in [0.1, 0.15) is 5.82 Å². The van der Waals surface area contributed by atoms with Gasteiger partial charge in [-0.25, -0.2) is 4.98 Å². The summed E-state index contributed by atoms with van der Waals surface area (Å²) in [5, 5.41) is 4.88. The van der Waals surface area contributed by atoms with E-state index in [2.05, 4.69) is 139 Å². The van der Waals surface area contributed by atoms with Crippen LogP contribution in [0.5, 0.6) is 0 Å². The number of imidazole rings is 1. The van der Waals surface area contributed by atoms with Crippen molar-refractivity contribution in [1.82, 2.24) is 14.5 Å². The minimum Gasteiger partial charge on any atom is -0.296 e. The second-order valence-corrected chi connectivity index (χ2v) is 10.6. The molecule has 3 heteroatoms. The van der Waals surface area contributed by atoms with Crippen LogP contribution in [0.1, 0.15) is 5.82 Å². The van der Waals surface area contributed by atoms with Crippen molar-refractivity contribution < 1.29 is 0 Å². The Bertz CT molecular complexity index is 2200. The molecule has 0 saturated carbocycles. The SMILES string of the molecule is Cc1nc2ccccc2n1-c1ccccc1-c1c2ccccc2c(-c2ccccc2-c2ccccn2)c2ccccc12. The van der Waals surface area contributed by atoms with E-state index in [9.17, 15) is 0 Å². The molecule has 2 aromatic heterocycles. The van der Waals surface area contributed by atoms with E-state index in [-0.39, 0.29) is 0 Å². The van der Waals surface area contributed by atoms with Crippen LogP contribution in [0.25, 0.3) is 71.8 Å². The van der Waals surface area contributed by atoms with Gasteiger partial charge in [0, 0.05) is 17.3 Å². The second-order valence-electron chi connectivity index (χ2n) is 10.6. The monoisotopic (exact) mass is 537 g/mol. The molecule has 0 bridgehead atoms. The Morgan fingerprint density at radius 2 is 1.00 bits per heavy atom. The number of aryl methyl sites for hydroxylation is 1. The van der Waals surface area contributed by atoms with Crippen molar-refractivity contribution in [1.29, 1.82) is 0 Å². The fraction of sp³-hybridized carbons (Fsp3) is 0.0256. The number of hydrogen-bond donors (Lipinski definition) is 0.